The van der Waals surface area contributed by atoms with Gasteiger partial charge in [0, 0.05) is 18.9 Å². The molecule has 2 aliphatic rings. The average Bonchev–Trinajstić information content (AvgIpc) is 2.85. The first-order chi connectivity index (χ1) is 10.8. The fraction of sp³-hybridized carbons (Fsp3) is 0.375. The summed E-state index contributed by atoms with van der Waals surface area (Å²) in [6.45, 7) is 1.88. The van der Waals surface area contributed by atoms with E-state index in [-0.39, 0.29) is 36.0 Å². The molecule has 3 rings (SSSR count). The number of hydrogen-bond donors (Lipinski definition) is 1. The van der Waals surface area contributed by atoms with Crippen LogP contribution in [-0.2, 0) is 19.6 Å². The van der Waals surface area contributed by atoms with E-state index in [9.17, 15) is 23.1 Å². The molecular formula is C16H17NO5S. The summed E-state index contributed by atoms with van der Waals surface area (Å²) in [6.07, 6.45) is 1.79. The van der Waals surface area contributed by atoms with E-state index in [1.54, 1.807) is 12.1 Å². The Morgan fingerprint density at radius 2 is 1.87 bits per heavy atom. The molecule has 0 saturated carbocycles. The van der Waals surface area contributed by atoms with Crippen molar-refractivity contribution in [2.75, 3.05) is 6.54 Å². The molecule has 1 aromatic rings. The Bertz CT molecular complexity index is 794. The summed E-state index contributed by atoms with van der Waals surface area (Å²) >= 11 is 0. The zero-order valence-electron chi connectivity index (χ0n) is 12.6. The van der Waals surface area contributed by atoms with Gasteiger partial charge in [-0.1, -0.05) is 23.3 Å². The molecule has 2 atom stereocenters. The second kappa shape index (κ2) is 5.58. The molecule has 1 aliphatic heterocycles. The molecule has 122 valence electrons. The fourth-order valence-corrected chi connectivity index (χ4v) is 4.78. The number of carboxylic acids is 1. The second-order valence-electron chi connectivity index (χ2n) is 6.03. The smallest absolute Gasteiger partial charge is 0.322 e. The lowest BCUT2D eigenvalue weighted by atomic mass is 9.91. The van der Waals surface area contributed by atoms with Crippen molar-refractivity contribution in [1.82, 2.24) is 4.31 Å². The van der Waals surface area contributed by atoms with E-state index in [2.05, 4.69) is 0 Å². The van der Waals surface area contributed by atoms with Crippen LogP contribution in [0.2, 0.25) is 0 Å². The van der Waals surface area contributed by atoms with Crippen LogP contribution >= 0.6 is 0 Å². The molecule has 0 radical (unpaired) electrons. The SMILES string of the molecule is Cc1ccc(S(=O)(=O)N2C[C@H]3CC(=O)C=C3C[C@H]2C(=O)O)cc1. The summed E-state index contributed by atoms with van der Waals surface area (Å²) in [5, 5.41) is 9.43. The van der Waals surface area contributed by atoms with Crippen LogP contribution in [0.15, 0.2) is 40.8 Å². The number of rotatable bonds is 3. The van der Waals surface area contributed by atoms with Crippen LogP contribution in [0, 0.1) is 12.8 Å². The summed E-state index contributed by atoms with van der Waals surface area (Å²) in [5.41, 5.74) is 1.67. The van der Waals surface area contributed by atoms with Crippen molar-refractivity contribution in [1.29, 1.82) is 0 Å². The Morgan fingerprint density at radius 1 is 1.22 bits per heavy atom. The maximum atomic E-state index is 12.8. The zero-order chi connectivity index (χ0) is 16.8. The highest BCUT2D eigenvalue weighted by Crippen LogP contribution is 2.37. The van der Waals surface area contributed by atoms with Crippen LogP contribution in [-0.4, -0.2) is 42.2 Å². The first-order valence-corrected chi connectivity index (χ1v) is 8.77. The molecule has 0 unspecified atom stereocenters. The number of aryl methyl sites for hydroxylation is 1. The van der Waals surface area contributed by atoms with Gasteiger partial charge < -0.3 is 5.11 Å². The number of piperidine rings is 1. The van der Waals surface area contributed by atoms with Gasteiger partial charge in [0.2, 0.25) is 10.0 Å². The van der Waals surface area contributed by atoms with Crippen LogP contribution in [0.4, 0.5) is 0 Å². The molecule has 6 nitrogen and oxygen atoms in total. The molecule has 1 heterocycles. The lowest BCUT2D eigenvalue weighted by Gasteiger charge is -2.36. The van der Waals surface area contributed by atoms with Crippen LogP contribution in [0.5, 0.6) is 0 Å². The third-order valence-corrected chi connectivity index (χ3v) is 6.30. The number of allylic oxidation sites excluding steroid dienone is 1. The average molecular weight is 335 g/mol. The number of hydrogen-bond acceptors (Lipinski definition) is 4. The largest absolute Gasteiger partial charge is 0.480 e. The Hall–Kier alpha value is -1.99. The summed E-state index contributed by atoms with van der Waals surface area (Å²) in [6, 6.07) is 5.15. The summed E-state index contributed by atoms with van der Waals surface area (Å²) in [4.78, 5) is 23.2. The van der Waals surface area contributed by atoms with Gasteiger partial charge in [0.05, 0.1) is 4.90 Å². The van der Waals surface area contributed by atoms with E-state index in [0.29, 0.717) is 0 Å². The van der Waals surface area contributed by atoms with E-state index in [1.807, 2.05) is 6.92 Å². The van der Waals surface area contributed by atoms with Crippen LogP contribution in [0.25, 0.3) is 0 Å². The number of ketones is 1. The highest BCUT2D eigenvalue weighted by molar-refractivity contribution is 7.89. The first kappa shape index (κ1) is 15.9. The molecule has 0 spiro atoms. The molecule has 1 N–H and O–H groups in total. The predicted octanol–water partition coefficient (Wildman–Crippen LogP) is 1.36. The minimum Gasteiger partial charge on any atom is -0.480 e. The number of carbonyl (C=O) groups excluding carboxylic acids is 1. The third-order valence-electron chi connectivity index (χ3n) is 4.41. The number of aliphatic carboxylic acids is 1. The van der Waals surface area contributed by atoms with Crippen LogP contribution in [0.1, 0.15) is 18.4 Å². The highest BCUT2D eigenvalue weighted by atomic mass is 32.2. The minimum absolute atomic E-state index is 0.0325. The number of carbonyl (C=O) groups is 2. The molecule has 1 fully saturated rings. The number of nitrogens with zero attached hydrogens (tertiary/aromatic N) is 1. The Balaban J connectivity index is 1.99. The monoisotopic (exact) mass is 335 g/mol. The van der Waals surface area contributed by atoms with Crippen molar-refractivity contribution in [3.8, 4) is 0 Å². The standard InChI is InChI=1S/C16H17NO5S/c1-10-2-4-14(5-3-10)23(21,22)17-9-12-7-13(18)6-11(12)8-15(17)16(19)20/h2-6,12,15H,7-9H2,1H3,(H,19,20)/t12-,15+/m1/s1. The van der Waals surface area contributed by atoms with E-state index < -0.39 is 22.0 Å². The maximum absolute atomic E-state index is 12.8. The van der Waals surface area contributed by atoms with Gasteiger partial charge in [0.1, 0.15) is 6.04 Å². The fourth-order valence-electron chi connectivity index (χ4n) is 3.16. The topological polar surface area (TPSA) is 91.8 Å². The van der Waals surface area contributed by atoms with Gasteiger partial charge in [0.25, 0.3) is 0 Å². The Morgan fingerprint density at radius 3 is 2.48 bits per heavy atom. The van der Waals surface area contributed by atoms with E-state index in [1.165, 1.54) is 18.2 Å². The Labute approximate surface area is 134 Å². The van der Waals surface area contributed by atoms with Gasteiger partial charge in [-0.25, -0.2) is 8.42 Å². The van der Waals surface area contributed by atoms with Gasteiger partial charge in [-0.15, -0.1) is 0 Å². The molecular weight excluding hydrogens is 318 g/mol. The van der Waals surface area contributed by atoms with Crippen molar-refractivity contribution >= 4 is 21.8 Å². The molecule has 1 saturated heterocycles. The second-order valence-corrected chi connectivity index (χ2v) is 7.92. The van der Waals surface area contributed by atoms with E-state index in [0.717, 1.165) is 15.4 Å². The van der Waals surface area contributed by atoms with Gasteiger partial charge in [-0.2, -0.15) is 4.31 Å². The molecule has 1 aromatic carbocycles. The van der Waals surface area contributed by atoms with E-state index >= 15 is 0 Å². The van der Waals surface area contributed by atoms with Crippen molar-refractivity contribution < 1.29 is 23.1 Å². The molecule has 0 amide bonds. The quantitative estimate of drug-likeness (QED) is 0.900. The summed E-state index contributed by atoms with van der Waals surface area (Å²) in [5.74, 6) is -1.47. The van der Waals surface area contributed by atoms with Gasteiger partial charge in [-0.3, -0.25) is 9.59 Å². The normalized spacial score (nSPS) is 25.1. The van der Waals surface area contributed by atoms with E-state index in [4.69, 9.17) is 0 Å². The van der Waals surface area contributed by atoms with Crippen LogP contribution in [0.3, 0.4) is 0 Å². The number of carboxylic acid groups (broad SMARTS) is 1. The van der Waals surface area contributed by atoms with Gasteiger partial charge in [0.15, 0.2) is 5.78 Å². The van der Waals surface area contributed by atoms with Crippen molar-refractivity contribution in [3.05, 3.63) is 41.5 Å². The lowest BCUT2D eigenvalue weighted by molar-refractivity contribution is -0.142. The highest BCUT2D eigenvalue weighted by Gasteiger charge is 2.44. The third kappa shape index (κ3) is 2.82. The summed E-state index contributed by atoms with van der Waals surface area (Å²) in [7, 11) is -3.92. The van der Waals surface area contributed by atoms with Crippen LogP contribution < -0.4 is 0 Å². The predicted molar refractivity (Wildman–Crippen MR) is 82.3 cm³/mol. The maximum Gasteiger partial charge on any atom is 0.322 e. The number of fused-ring (bicyclic) bond motifs is 1. The Kier molecular flexibility index (Phi) is 3.85. The molecule has 1 aliphatic carbocycles. The minimum atomic E-state index is -3.92. The first-order valence-electron chi connectivity index (χ1n) is 7.33. The molecule has 23 heavy (non-hydrogen) atoms. The lowest BCUT2D eigenvalue weighted by Crippen LogP contribution is -2.50. The van der Waals surface area contributed by atoms with Gasteiger partial charge in [-0.05, 0) is 31.6 Å². The number of benzene rings is 1. The molecule has 0 aromatic heterocycles. The molecule has 7 heteroatoms. The van der Waals surface area contributed by atoms with Gasteiger partial charge >= 0.3 is 5.97 Å². The van der Waals surface area contributed by atoms with Crippen molar-refractivity contribution in [2.45, 2.75) is 30.7 Å². The van der Waals surface area contributed by atoms with Crippen molar-refractivity contribution in [3.63, 3.8) is 0 Å². The number of sulfonamides is 1. The molecule has 0 bridgehead atoms. The zero-order valence-corrected chi connectivity index (χ0v) is 13.4. The summed E-state index contributed by atoms with van der Waals surface area (Å²) < 4.78 is 26.7. The van der Waals surface area contributed by atoms with Crippen molar-refractivity contribution in [2.24, 2.45) is 5.92 Å².